The number of urea groups is 1. The number of nitrogens with one attached hydrogen (secondary N) is 2. The Labute approximate surface area is 174 Å². The van der Waals surface area contributed by atoms with Gasteiger partial charge in [-0.25, -0.2) is 4.79 Å². The molecule has 2 atom stereocenters. The van der Waals surface area contributed by atoms with Crippen LogP contribution in [0.25, 0.3) is 0 Å². The van der Waals surface area contributed by atoms with E-state index in [-0.39, 0.29) is 18.4 Å². The van der Waals surface area contributed by atoms with E-state index in [1.165, 1.54) is 16.2 Å². The van der Waals surface area contributed by atoms with Gasteiger partial charge in [-0.3, -0.25) is 14.5 Å². The molecular weight excluding hydrogens is 388 g/mol. The number of hydrogen-bond donors (Lipinski definition) is 2. The van der Waals surface area contributed by atoms with Gasteiger partial charge < -0.3 is 10.6 Å². The third-order valence-corrected chi connectivity index (χ3v) is 7.80. The summed E-state index contributed by atoms with van der Waals surface area (Å²) in [6.07, 6.45) is 8.53. The highest BCUT2D eigenvalue weighted by atomic mass is 32.1. The van der Waals surface area contributed by atoms with Crippen molar-refractivity contribution in [3.63, 3.8) is 0 Å². The van der Waals surface area contributed by atoms with Gasteiger partial charge in [-0.15, -0.1) is 11.3 Å². The number of fused-ring (bicyclic) bond motifs is 1. The molecule has 4 amide bonds. The van der Waals surface area contributed by atoms with E-state index in [0.717, 1.165) is 61.8 Å². The van der Waals surface area contributed by atoms with Crippen LogP contribution in [0, 0.1) is 17.2 Å². The van der Waals surface area contributed by atoms with Gasteiger partial charge in [0.15, 0.2) is 0 Å². The predicted molar refractivity (Wildman–Crippen MR) is 110 cm³/mol. The first-order valence-corrected chi connectivity index (χ1v) is 11.3. The smallest absolute Gasteiger partial charge is 0.323 e. The van der Waals surface area contributed by atoms with Crippen molar-refractivity contribution in [1.29, 1.82) is 5.26 Å². The van der Waals surface area contributed by atoms with Crippen LogP contribution in [0.4, 0.5) is 9.80 Å². The highest BCUT2D eigenvalue weighted by Gasteiger charge is 2.55. The maximum absolute atomic E-state index is 13.0. The second kappa shape index (κ2) is 7.79. The maximum Gasteiger partial charge on any atom is 0.325 e. The fourth-order valence-corrected chi connectivity index (χ4v) is 6.15. The monoisotopic (exact) mass is 414 g/mol. The van der Waals surface area contributed by atoms with Gasteiger partial charge in [0.2, 0.25) is 5.91 Å². The van der Waals surface area contributed by atoms with Gasteiger partial charge in [0.25, 0.3) is 5.91 Å². The highest BCUT2D eigenvalue weighted by Crippen LogP contribution is 2.39. The average Bonchev–Trinajstić information content (AvgIpc) is 3.00. The maximum atomic E-state index is 13.0. The fourth-order valence-electron chi connectivity index (χ4n) is 4.90. The van der Waals surface area contributed by atoms with Crippen LogP contribution >= 0.6 is 11.3 Å². The minimum absolute atomic E-state index is 0.0545. The predicted octanol–water partition coefficient (Wildman–Crippen LogP) is 3.33. The number of carbonyl (C=O) groups excluding carboxylic acids is 3. The van der Waals surface area contributed by atoms with Crippen LogP contribution in [0.15, 0.2) is 0 Å². The van der Waals surface area contributed by atoms with Crippen LogP contribution in [-0.2, 0) is 22.4 Å². The zero-order valence-electron chi connectivity index (χ0n) is 16.7. The summed E-state index contributed by atoms with van der Waals surface area (Å²) in [6.45, 7) is 1.66. The van der Waals surface area contributed by atoms with Crippen LogP contribution in [0.3, 0.4) is 0 Å². The molecule has 154 valence electrons. The highest BCUT2D eigenvalue weighted by molar-refractivity contribution is 7.16. The van der Waals surface area contributed by atoms with E-state index in [2.05, 4.69) is 16.7 Å². The van der Waals surface area contributed by atoms with Crippen LogP contribution < -0.4 is 10.6 Å². The molecule has 2 unspecified atom stereocenters. The van der Waals surface area contributed by atoms with E-state index in [4.69, 9.17) is 0 Å². The summed E-state index contributed by atoms with van der Waals surface area (Å²) in [7, 11) is 0. The summed E-state index contributed by atoms with van der Waals surface area (Å²) >= 11 is 1.45. The van der Waals surface area contributed by atoms with Crippen LogP contribution in [0.1, 0.15) is 67.9 Å². The van der Waals surface area contributed by atoms with Gasteiger partial charge in [0.05, 0.1) is 5.56 Å². The zero-order chi connectivity index (χ0) is 20.6. The number of anilines is 1. The van der Waals surface area contributed by atoms with Gasteiger partial charge >= 0.3 is 6.03 Å². The molecule has 2 aliphatic carbocycles. The quantitative estimate of drug-likeness (QED) is 0.585. The second-order valence-electron chi connectivity index (χ2n) is 8.37. The minimum Gasteiger partial charge on any atom is -0.323 e. The summed E-state index contributed by atoms with van der Waals surface area (Å²) in [5.74, 6) is -0.687. The van der Waals surface area contributed by atoms with Gasteiger partial charge in [0.1, 0.15) is 23.2 Å². The van der Waals surface area contributed by atoms with Crippen molar-refractivity contribution in [1.82, 2.24) is 10.2 Å². The van der Waals surface area contributed by atoms with Crippen molar-refractivity contribution in [3.05, 3.63) is 16.0 Å². The fraction of sp³-hybridized carbons (Fsp3) is 0.619. The SMILES string of the molecule is CC1CCCCC12NC(=O)N(CC(=O)Nc1sc3c(c1C#N)CCCCC3)C2=O. The second-order valence-corrected chi connectivity index (χ2v) is 9.47. The number of rotatable bonds is 3. The number of imide groups is 1. The number of nitrogens with zero attached hydrogens (tertiary/aromatic N) is 2. The summed E-state index contributed by atoms with van der Waals surface area (Å²) in [4.78, 5) is 40.4. The summed E-state index contributed by atoms with van der Waals surface area (Å²) in [5.41, 5.74) is 0.721. The van der Waals surface area contributed by atoms with E-state index in [1.807, 2.05) is 6.92 Å². The molecule has 1 aliphatic heterocycles. The molecule has 7 nitrogen and oxygen atoms in total. The van der Waals surface area contributed by atoms with Crippen molar-refractivity contribution in [2.24, 2.45) is 5.92 Å². The molecule has 2 N–H and O–H groups in total. The Morgan fingerprint density at radius 1 is 1.28 bits per heavy atom. The Hall–Kier alpha value is -2.40. The number of nitriles is 1. The van der Waals surface area contributed by atoms with Crippen LogP contribution in [0.2, 0.25) is 0 Å². The van der Waals surface area contributed by atoms with Gasteiger partial charge in [-0.1, -0.05) is 26.2 Å². The molecule has 8 heteroatoms. The third-order valence-electron chi connectivity index (χ3n) is 6.59. The van der Waals surface area contributed by atoms with Gasteiger partial charge in [0, 0.05) is 4.88 Å². The lowest BCUT2D eigenvalue weighted by Crippen LogP contribution is -2.54. The Balaban J connectivity index is 1.49. The van der Waals surface area contributed by atoms with Crippen LogP contribution in [0.5, 0.6) is 0 Å². The molecule has 2 fully saturated rings. The zero-order valence-corrected chi connectivity index (χ0v) is 17.5. The number of amides is 4. The standard InChI is InChI=1S/C21H26N4O3S/c1-13-7-5-6-10-21(13)19(27)25(20(28)24-21)12-17(26)23-18-15(11-22)14-8-3-2-4-9-16(14)29-18/h13H,2-10,12H2,1H3,(H,23,26)(H,24,28). The topological polar surface area (TPSA) is 102 Å². The first kappa shape index (κ1) is 19.9. The summed E-state index contributed by atoms with van der Waals surface area (Å²) < 4.78 is 0. The van der Waals surface area contributed by atoms with E-state index in [1.54, 1.807) is 0 Å². The first-order valence-electron chi connectivity index (χ1n) is 10.4. The molecule has 1 saturated heterocycles. The molecular formula is C21H26N4O3S. The molecule has 2 heterocycles. The van der Waals surface area contributed by atoms with Crippen molar-refractivity contribution >= 4 is 34.2 Å². The van der Waals surface area contributed by atoms with Gasteiger partial charge in [-0.2, -0.15) is 5.26 Å². The molecule has 1 aromatic rings. The minimum atomic E-state index is -0.867. The Morgan fingerprint density at radius 3 is 2.83 bits per heavy atom. The molecule has 1 aromatic heterocycles. The van der Waals surface area contributed by atoms with Crippen LogP contribution in [-0.4, -0.2) is 34.8 Å². The van der Waals surface area contributed by atoms with Crippen molar-refractivity contribution in [2.75, 3.05) is 11.9 Å². The molecule has 4 rings (SSSR count). The van der Waals surface area contributed by atoms with Crippen molar-refractivity contribution < 1.29 is 14.4 Å². The van der Waals surface area contributed by atoms with Crippen molar-refractivity contribution in [2.45, 2.75) is 70.3 Å². The number of thiophene rings is 1. The molecule has 1 saturated carbocycles. The Morgan fingerprint density at radius 2 is 2.07 bits per heavy atom. The van der Waals surface area contributed by atoms with Gasteiger partial charge in [-0.05, 0) is 50.0 Å². The van der Waals surface area contributed by atoms with E-state index in [0.29, 0.717) is 17.0 Å². The number of aryl methyl sites for hydroxylation is 1. The lowest BCUT2D eigenvalue weighted by atomic mass is 9.73. The van der Waals surface area contributed by atoms with E-state index >= 15 is 0 Å². The normalized spacial score (nSPS) is 26.6. The molecule has 1 spiro atoms. The van der Waals surface area contributed by atoms with E-state index in [9.17, 15) is 19.6 Å². The van der Waals surface area contributed by atoms with E-state index < -0.39 is 17.5 Å². The lowest BCUT2D eigenvalue weighted by molar-refractivity contribution is -0.136. The molecule has 3 aliphatic rings. The molecule has 0 radical (unpaired) electrons. The Bertz CT molecular complexity index is 902. The Kier molecular flexibility index (Phi) is 5.34. The average molecular weight is 415 g/mol. The third kappa shape index (κ3) is 3.42. The number of carbonyl (C=O) groups is 3. The first-order chi connectivity index (χ1) is 14.0. The van der Waals surface area contributed by atoms with Crippen molar-refractivity contribution in [3.8, 4) is 6.07 Å². The summed E-state index contributed by atoms with van der Waals surface area (Å²) in [5, 5.41) is 15.8. The lowest BCUT2D eigenvalue weighted by Gasteiger charge is -2.36. The molecule has 0 aromatic carbocycles. The summed E-state index contributed by atoms with van der Waals surface area (Å²) in [6, 6.07) is 1.74. The largest absolute Gasteiger partial charge is 0.325 e. The molecule has 29 heavy (non-hydrogen) atoms. The number of hydrogen-bond acceptors (Lipinski definition) is 5. The molecule has 0 bridgehead atoms.